The summed E-state index contributed by atoms with van der Waals surface area (Å²) in [4.78, 5) is 17.0. The summed E-state index contributed by atoms with van der Waals surface area (Å²) in [6.07, 6.45) is 2.60. The van der Waals surface area contributed by atoms with Crippen LogP contribution in [0.3, 0.4) is 0 Å². The van der Waals surface area contributed by atoms with Crippen LogP contribution in [0.1, 0.15) is 30.9 Å². The van der Waals surface area contributed by atoms with Crippen molar-refractivity contribution in [2.45, 2.75) is 25.3 Å². The molecule has 1 atom stereocenters. The summed E-state index contributed by atoms with van der Waals surface area (Å²) in [6.45, 7) is 5.00. The largest absolute Gasteiger partial charge is 0.378 e. The van der Waals surface area contributed by atoms with Crippen molar-refractivity contribution >= 4 is 17.3 Å². The lowest BCUT2D eigenvalue weighted by molar-refractivity contribution is -0.116. The lowest BCUT2D eigenvalue weighted by Crippen LogP contribution is -2.36. The Hall–Kier alpha value is -2.44. The number of nitrogens with one attached hydrogen (secondary N) is 1. The smallest absolute Gasteiger partial charge is 0.225 e. The molecule has 1 N–H and O–H groups in total. The fraction of sp³-hybridized carbons (Fsp3) is 0.435. The Kier molecular flexibility index (Phi) is 6.42. The third-order valence-corrected chi connectivity index (χ3v) is 5.77. The first-order valence-electron chi connectivity index (χ1n) is 10.4. The van der Waals surface area contributed by atoms with Crippen LogP contribution in [0.4, 0.5) is 15.8 Å². The molecule has 0 aromatic heterocycles. The minimum absolute atomic E-state index is 0.0221. The third kappa shape index (κ3) is 5.14. The Labute approximate surface area is 171 Å². The number of carbonyl (C=O) groups excluding carboxylic acids is 1. The fourth-order valence-electron chi connectivity index (χ4n) is 4.20. The van der Waals surface area contributed by atoms with E-state index in [4.69, 9.17) is 4.74 Å². The van der Waals surface area contributed by atoms with Gasteiger partial charge in [0.05, 0.1) is 13.2 Å². The van der Waals surface area contributed by atoms with Crippen LogP contribution < -0.4 is 10.2 Å². The number of amides is 1. The van der Waals surface area contributed by atoms with Crippen LogP contribution in [0, 0.1) is 5.82 Å². The topological polar surface area (TPSA) is 44.8 Å². The summed E-state index contributed by atoms with van der Waals surface area (Å²) in [6, 6.07) is 15.0. The number of ether oxygens (including phenoxy) is 1. The third-order valence-electron chi connectivity index (χ3n) is 5.77. The summed E-state index contributed by atoms with van der Waals surface area (Å²) in [5.74, 6) is -0.189. The highest BCUT2D eigenvalue weighted by Crippen LogP contribution is 2.32. The minimum atomic E-state index is -0.211. The number of anilines is 2. The molecule has 6 heteroatoms. The molecule has 5 nitrogen and oxygen atoms in total. The van der Waals surface area contributed by atoms with Crippen molar-refractivity contribution in [1.82, 2.24) is 4.90 Å². The monoisotopic (exact) mass is 397 g/mol. The van der Waals surface area contributed by atoms with Gasteiger partial charge in [-0.05, 0) is 61.3 Å². The molecule has 0 radical (unpaired) electrons. The van der Waals surface area contributed by atoms with E-state index in [1.54, 1.807) is 0 Å². The van der Waals surface area contributed by atoms with Gasteiger partial charge >= 0.3 is 0 Å². The fourth-order valence-corrected chi connectivity index (χ4v) is 4.20. The molecule has 1 amide bonds. The lowest BCUT2D eigenvalue weighted by atomic mass is 10.0. The van der Waals surface area contributed by atoms with E-state index in [2.05, 4.69) is 15.1 Å². The Balaban J connectivity index is 1.27. The molecule has 1 unspecified atom stereocenters. The van der Waals surface area contributed by atoms with Gasteiger partial charge in [0, 0.05) is 43.5 Å². The van der Waals surface area contributed by atoms with E-state index in [-0.39, 0.29) is 17.8 Å². The maximum absolute atomic E-state index is 13.2. The number of benzene rings is 2. The van der Waals surface area contributed by atoms with Crippen LogP contribution in [-0.4, -0.2) is 50.2 Å². The second-order valence-electron chi connectivity index (χ2n) is 7.69. The number of rotatable bonds is 6. The number of nitrogens with zero attached hydrogens (tertiary/aromatic N) is 2. The second-order valence-corrected chi connectivity index (χ2v) is 7.69. The van der Waals surface area contributed by atoms with Gasteiger partial charge in [0.2, 0.25) is 5.91 Å². The van der Waals surface area contributed by atoms with Crippen molar-refractivity contribution in [2.75, 3.05) is 49.6 Å². The molecular weight excluding hydrogens is 369 g/mol. The zero-order valence-electron chi connectivity index (χ0n) is 16.6. The van der Waals surface area contributed by atoms with E-state index in [0.29, 0.717) is 13.0 Å². The van der Waals surface area contributed by atoms with Gasteiger partial charge in [0.1, 0.15) is 5.82 Å². The molecule has 2 aromatic rings. The highest BCUT2D eigenvalue weighted by molar-refractivity contribution is 5.91. The van der Waals surface area contributed by atoms with Crippen molar-refractivity contribution in [3.05, 3.63) is 59.9 Å². The van der Waals surface area contributed by atoms with Crippen molar-refractivity contribution in [3.8, 4) is 0 Å². The van der Waals surface area contributed by atoms with Crippen molar-refractivity contribution in [1.29, 1.82) is 0 Å². The van der Waals surface area contributed by atoms with E-state index in [1.165, 1.54) is 12.1 Å². The van der Waals surface area contributed by atoms with Gasteiger partial charge in [-0.1, -0.05) is 12.1 Å². The predicted molar refractivity (Wildman–Crippen MR) is 113 cm³/mol. The highest BCUT2D eigenvalue weighted by atomic mass is 19.1. The number of carbonyl (C=O) groups is 1. The Morgan fingerprint density at radius 2 is 1.76 bits per heavy atom. The molecule has 4 rings (SSSR count). The average molecular weight is 397 g/mol. The number of morpholine rings is 1. The standard InChI is InChI=1S/C23H28FN3O2/c24-19-5-3-18(4-6-19)22-2-1-12-27(22)13-11-23(28)25-20-7-9-21(10-8-20)26-14-16-29-17-15-26/h3-10,22H,1-2,11-17H2,(H,25,28). The summed E-state index contributed by atoms with van der Waals surface area (Å²) in [7, 11) is 0. The molecule has 0 spiro atoms. The van der Waals surface area contributed by atoms with E-state index < -0.39 is 0 Å². The number of halogens is 1. The molecular formula is C23H28FN3O2. The van der Waals surface area contributed by atoms with Crippen molar-refractivity contribution in [2.24, 2.45) is 0 Å². The number of hydrogen-bond acceptors (Lipinski definition) is 4. The SMILES string of the molecule is O=C(CCN1CCCC1c1ccc(F)cc1)Nc1ccc(N2CCOCC2)cc1. The molecule has 29 heavy (non-hydrogen) atoms. The normalized spacial score (nSPS) is 20.0. The van der Waals surface area contributed by atoms with E-state index in [0.717, 1.165) is 62.6 Å². The molecule has 0 aliphatic carbocycles. The molecule has 2 aromatic carbocycles. The minimum Gasteiger partial charge on any atom is -0.378 e. The average Bonchev–Trinajstić information content (AvgIpc) is 3.23. The van der Waals surface area contributed by atoms with E-state index in [9.17, 15) is 9.18 Å². The first-order chi connectivity index (χ1) is 14.2. The van der Waals surface area contributed by atoms with Crippen molar-refractivity contribution in [3.63, 3.8) is 0 Å². The second kappa shape index (κ2) is 9.37. The molecule has 0 bridgehead atoms. The quantitative estimate of drug-likeness (QED) is 0.805. The Morgan fingerprint density at radius 1 is 1.03 bits per heavy atom. The van der Waals surface area contributed by atoms with Gasteiger partial charge in [-0.25, -0.2) is 4.39 Å². The van der Waals surface area contributed by atoms with Crippen LogP contribution in [-0.2, 0) is 9.53 Å². The molecule has 2 fully saturated rings. The van der Waals surface area contributed by atoms with Gasteiger partial charge in [-0.15, -0.1) is 0 Å². The van der Waals surface area contributed by atoms with Crippen molar-refractivity contribution < 1.29 is 13.9 Å². The highest BCUT2D eigenvalue weighted by Gasteiger charge is 2.26. The zero-order chi connectivity index (χ0) is 20.1. The Morgan fingerprint density at radius 3 is 2.48 bits per heavy atom. The van der Waals surface area contributed by atoms with Gasteiger partial charge in [-0.3, -0.25) is 9.69 Å². The van der Waals surface area contributed by atoms with E-state index >= 15 is 0 Å². The van der Waals surface area contributed by atoms with Gasteiger partial charge in [0.15, 0.2) is 0 Å². The molecule has 2 heterocycles. The predicted octanol–water partition coefficient (Wildman–Crippen LogP) is 3.83. The van der Waals surface area contributed by atoms with Crippen LogP contribution >= 0.6 is 0 Å². The first-order valence-corrected chi connectivity index (χ1v) is 10.4. The number of hydrogen-bond donors (Lipinski definition) is 1. The molecule has 2 saturated heterocycles. The summed E-state index contributed by atoms with van der Waals surface area (Å²) >= 11 is 0. The van der Waals surface area contributed by atoms with Gasteiger partial charge < -0.3 is 15.0 Å². The van der Waals surface area contributed by atoms with Gasteiger partial charge in [0.25, 0.3) is 0 Å². The first kappa shape index (κ1) is 19.9. The van der Waals surface area contributed by atoms with Crippen LogP contribution in [0.15, 0.2) is 48.5 Å². The van der Waals surface area contributed by atoms with Gasteiger partial charge in [-0.2, -0.15) is 0 Å². The molecule has 2 aliphatic heterocycles. The summed E-state index contributed by atoms with van der Waals surface area (Å²) in [5.41, 5.74) is 3.11. The molecule has 154 valence electrons. The molecule has 0 saturated carbocycles. The van der Waals surface area contributed by atoms with Crippen LogP contribution in [0.5, 0.6) is 0 Å². The lowest BCUT2D eigenvalue weighted by Gasteiger charge is -2.29. The zero-order valence-corrected chi connectivity index (χ0v) is 16.6. The maximum Gasteiger partial charge on any atom is 0.225 e. The van der Waals surface area contributed by atoms with E-state index in [1.807, 2.05) is 36.4 Å². The molecule has 2 aliphatic rings. The maximum atomic E-state index is 13.2. The number of likely N-dealkylation sites (tertiary alicyclic amines) is 1. The Bertz CT molecular complexity index is 804. The summed E-state index contributed by atoms with van der Waals surface area (Å²) < 4.78 is 18.6. The van der Waals surface area contributed by atoms with Crippen LogP contribution in [0.2, 0.25) is 0 Å². The summed E-state index contributed by atoms with van der Waals surface area (Å²) in [5, 5.41) is 3.00. The van der Waals surface area contributed by atoms with Crippen LogP contribution in [0.25, 0.3) is 0 Å².